The predicted octanol–water partition coefficient (Wildman–Crippen LogP) is 2.15. The summed E-state index contributed by atoms with van der Waals surface area (Å²) in [7, 11) is 0. The molecule has 1 aromatic rings. The van der Waals surface area contributed by atoms with E-state index in [1.165, 1.54) is 0 Å². The van der Waals surface area contributed by atoms with Crippen LogP contribution in [0.15, 0.2) is 24.3 Å². The molecule has 1 aliphatic carbocycles. The van der Waals surface area contributed by atoms with Gasteiger partial charge in [-0.05, 0) is 37.5 Å². The highest BCUT2D eigenvalue weighted by molar-refractivity contribution is 5.93. The van der Waals surface area contributed by atoms with Crippen LogP contribution in [0.1, 0.15) is 54.6 Å². The summed E-state index contributed by atoms with van der Waals surface area (Å²) >= 11 is 0. The Hall–Kier alpha value is -1.84. The maximum atomic E-state index is 12.0. The van der Waals surface area contributed by atoms with E-state index < -0.39 is 5.91 Å². The number of hydrogen-bond acceptors (Lipinski definition) is 2. The first-order chi connectivity index (χ1) is 9.08. The van der Waals surface area contributed by atoms with Crippen LogP contribution in [-0.2, 0) is 4.79 Å². The molecule has 0 aliphatic heterocycles. The van der Waals surface area contributed by atoms with Gasteiger partial charge in [0.1, 0.15) is 0 Å². The largest absolute Gasteiger partial charge is 0.366 e. The summed E-state index contributed by atoms with van der Waals surface area (Å²) in [5.74, 6) is -0.174. The number of benzene rings is 1. The van der Waals surface area contributed by atoms with Crippen LogP contribution < -0.4 is 11.1 Å². The molecule has 1 fully saturated rings. The van der Waals surface area contributed by atoms with Gasteiger partial charge in [-0.25, -0.2) is 0 Å². The van der Waals surface area contributed by atoms with Gasteiger partial charge in [0.2, 0.25) is 11.8 Å². The highest BCUT2D eigenvalue weighted by Gasteiger charge is 2.23. The second-order valence-electron chi connectivity index (χ2n) is 5.20. The van der Waals surface area contributed by atoms with Crippen LogP contribution >= 0.6 is 0 Å². The first-order valence-electron chi connectivity index (χ1n) is 6.78. The number of amides is 2. The van der Waals surface area contributed by atoms with E-state index >= 15 is 0 Å². The number of nitrogens with one attached hydrogen (secondary N) is 1. The van der Waals surface area contributed by atoms with Gasteiger partial charge in [-0.15, -0.1) is 0 Å². The lowest BCUT2D eigenvalue weighted by molar-refractivity contribution is -0.125. The SMILES string of the molecule is CC(NC(=O)C1CCCC1)c1cccc(C(N)=O)c1. The van der Waals surface area contributed by atoms with Crippen molar-refractivity contribution in [3.63, 3.8) is 0 Å². The molecule has 1 saturated carbocycles. The fraction of sp³-hybridized carbons (Fsp3) is 0.467. The van der Waals surface area contributed by atoms with E-state index in [1.807, 2.05) is 13.0 Å². The molecular weight excluding hydrogens is 240 g/mol. The van der Waals surface area contributed by atoms with Crippen LogP contribution in [0.2, 0.25) is 0 Å². The maximum Gasteiger partial charge on any atom is 0.248 e. The lowest BCUT2D eigenvalue weighted by atomic mass is 10.0. The van der Waals surface area contributed by atoms with Gasteiger partial charge in [0.05, 0.1) is 6.04 Å². The van der Waals surface area contributed by atoms with E-state index in [1.54, 1.807) is 18.2 Å². The van der Waals surface area contributed by atoms with Crippen molar-refractivity contribution in [2.75, 3.05) is 0 Å². The Morgan fingerprint density at radius 2 is 2.00 bits per heavy atom. The third kappa shape index (κ3) is 3.34. The van der Waals surface area contributed by atoms with E-state index in [9.17, 15) is 9.59 Å². The van der Waals surface area contributed by atoms with Crippen molar-refractivity contribution in [1.82, 2.24) is 5.32 Å². The zero-order valence-corrected chi connectivity index (χ0v) is 11.2. The van der Waals surface area contributed by atoms with Gasteiger partial charge in [0.25, 0.3) is 0 Å². The first-order valence-corrected chi connectivity index (χ1v) is 6.78. The topological polar surface area (TPSA) is 72.2 Å². The van der Waals surface area contributed by atoms with Crippen LogP contribution in [0.5, 0.6) is 0 Å². The van der Waals surface area contributed by atoms with E-state index in [-0.39, 0.29) is 17.9 Å². The van der Waals surface area contributed by atoms with Crippen molar-refractivity contribution in [2.24, 2.45) is 11.7 Å². The summed E-state index contributed by atoms with van der Waals surface area (Å²) in [6, 6.07) is 6.99. The maximum absolute atomic E-state index is 12.0. The molecule has 4 nitrogen and oxygen atoms in total. The first kappa shape index (κ1) is 13.6. The predicted molar refractivity (Wildman–Crippen MR) is 73.5 cm³/mol. The van der Waals surface area contributed by atoms with E-state index in [2.05, 4.69) is 5.32 Å². The van der Waals surface area contributed by atoms with Crippen LogP contribution in [0.3, 0.4) is 0 Å². The second kappa shape index (κ2) is 5.87. The van der Waals surface area contributed by atoms with Crippen molar-refractivity contribution in [1.29, 1.82) is 0 Å². The molecule has 1 unspecified atom stereocenters. The Morgan fingerprint density at radius 1 is 1.32 bits per heavy atom. The molecular formula is C15H20N2O2. The molecule has 2 amide bonds. The van der Waals surface area contributed by atoms with Gasteiger partial charge in [0.15, 0.2) is 0 Å². The molecule has 0 radical (unpaired) electrons. The van der Waals surface area contributed by atoms with Crippen molar-refractivity contribution >= 4 is 11.8 Å². The summed E-state index contributed by atoms with van der Waals surface area (Å²) in [6.07, 6.45) is 4.26. The van der Waals surface area contributed by atoms with Crippen molar-refractivity contribution < 1.29 is 9.59 Å². The van der Waals surface area contributed by atoms with Crippen LogP contribution in [-0.4, -0.2) is 11.8 Å². The van der Waals surface area contributed by atoms with Crippen LogP contribution in [0.25, 0.3) is 0 Å². The fourth-order valence-corrected chi connectivity index (χ4v) is 2.56. The summed E-state index contributed by atoms with van der Waals surface area (Å²) in [5, 5.41) is 3.01. The summed E-state index contributed by atoms with van der Waals surface area (Å²) in [4.78, 5) is 23.2. The number of rotatable bonds is 4. The number of carbonyl (C=O) groups excluding carboxylic acids is 2. The highest BCUT2D eigenvalue weighted by atomic mass is 16.2. The Labute approximate surface area is 113 Å². The van der Waals surface area contributed by atoms with Crippen LogP contribution in [0, 0.1) is 5.92 Å². The lowest BCUT2D eigenvalue weighted by Crippen LogP contribution is -2.31. The molecule has 1 aromatic carbocycles. The molecule has 0 saturated heterocycles. The molecule has 1 aliphatic rings. The normalized spacial score (nSPS) is 17.1. The van der Waals surface area contributed by atoms with E-state index in [4.69, 9.17) is 5.73 Å². The Balaban J connectivity index is 2.02. The smallest absolute Gasteiger partial charge is 0.248 e. The quantitative estimate of drug-likeness (QED) is 0.870. The molecule has 2 rings (SSSR count). The number of nitrogens with two attached hydrogens (primary N) is 1. The molecule has 3 N–H and O–H groups in total. The van der Waals surface area contributed by atoms with Gasteiger partial charge in [0, 0.05) is 11.5 Å². The minimum absolute atomic E-state index is 0.104. The third-order valence-electron chi connectivity index (χ3n) is 3.76. The average molecular weight is 260 g/mol. The number of primary amides is 1. The van der Waals surface area contributed by atoms with Crippen LogP contribution in [0.4, 0.5) is 0 Å². The third-order valence-corrected chi connectivity index (χ3v) is 3.76. The average Bonchev–Trinajstić information content (AvgIpc) is 2.92. The summed E-state index contributed by atoms with van der Waals surface area (Å²) < 4.78 is 0. The number of hydrogen-bond donors (Lipinski definition) is 2. The van der Waals surface area contributed by atoms with Crippen molar-refractivity contribution in [3.05, 3.63) is 35.4 Å². The Morgan fingerprint density at radius 3 is 2.63 bits per heavy atom. The summed E-state index contributed by atoms with van der Waals surface area (Å²) in [5.41, 5.74) is 6.63. The van der Waals surface area contributed by atoms with Gasteiger partial charge in [-0.2, -0.15) is 0 Å². The molecule has 0 spiro atoms. The standard InChI is InChI=1S/C15H20N2O2/c1-10(17-15(19)11-5-2-3-6-11)12-7-4-8-13(9-12)14(16)18/h4,7-11H,2-3,5-6H2,1H3,(H2,16,18)(H,17,19). The zero-order chi connectivity index (χ0) is 13.8. The fourth-order valence-electron chi connectivity index (χ4n) is 2.56. The molecule has 4 heteroatoms. The van der Waals surface area contributed by atoms with Crippen molar-refractivity contribution in [3.8, 4) is 0 Å². The molecule has 0 aromatic heterocycles. The Bertz CT molecular complexity index is 479. The van der Waals surface area contributed by atoms with E-state index in [0.717, 1.165) is 31.2 Å². The van der Waals surface area contributed by atoms with Crippen molar-refractivity contribution in [2.45, 2.75) is 38.6 Å². The summed E-state index contributed by atoms with van der Waals surface area (Å²) in [6.45, 7) is 1.92. The monoisotopic (exact) mass is 260 g/mol. The molecule has 19 heavy (non-hydrogen) atoms. The molecule has 1 atom stereocenters. The van der Waals surface area contributed by atoms with E-state index in [0.29, 0.717) is 5.56 Å². The molecule has 0 heterocycles. The Kier molecular flexibility index (Phi) is 4.20. The molecule has 102 valence electrons. The second-order valence-corrected chi connectivity index (χ2v) is 5.20. The molecule has 0 bridgehead atoms. The van der Waals surface area contributed by atoms with Gasteiger partial charge in [-0.3, -0.25) is 9.59 Å². The van der Waals surface area contributed by atoms with Gasteiger partial charge >= 0.3 is 0 Å². The minimum atomic E-state index is -0.448. The highest BCUT2D eigenvalue weighted by Crippen LogP contribution is 2.25. The lowest BCUT2D eigenvalue weighted by Gasteiger charge is -2.17. The van der Waals surface area contributed by atoms with Gasteiger partial charge < -0.3 is 11.1 Å². The van der Waals surface area contributed by atoms with Gasteiger partial charge in [-0.1, -0.05) is 25.0 Å². The zero-order valence-electron chi connectivity index (χ0n) is 11.2. The minimum Gasteiger partial charge on any atom is -0.366 e. The number of carbonyl (C=O) groups is 2.